The first-order valence-electron chi connectivity index (χ1n) is 9.83. The zero-order chi connectivity index (χ0) is 20.6. The molecule has 1 saturated heterocycles. The maximum Gasteiger partial charge on any atom is 0.332 e. The Kier molecular flexibility index (Phi) is 7.99. The number of amides is 1. The minimum atomic E-state index is -1.04. The van der Waals surface area contributed by atoms with Crippen molar-refractivity contribution in [2.45, 2.75) is 45.1 Å². The number of carbonyl (C=O) groups excluding carboxylic acids is 3. The van der Waals surface area contributed by atoms with Crippen LogP contribution in [0, 0.1) is 0 Å². The Labute approximate surface area is 166 Å². The van der Waals surface area contributed by atoms with Crippen LogP contribution < -0.4 is 4.90 Å². The summed E-state index contributed by atoms with van der Waals surface area (Å²) < 4.78 is 10.1. The summed E-state index contributed by atoms with van der Waals surface area (Å²) in [5.41, 5.74) is -0.336. The van der Waals surface area contributed by atoms with Gasteiger partial charge in [-0.1, -0.05) is 25.1 Å². The number of nitrogens with zero attached hydrogens (tertiary/aromatic N) is 2. The monoisotopic (exact) mass is 390 g/mol. The Hall–Kier alpha value is -2.41. The summed E-state index contributed by atoms with van der Waals surface area (Å²) in [4.78, 5) is 41.1. The Bertz CT molecular complexity index is 669. The summed E-state index contributed by atoms with van der Waals surface area (Å²) in [5.74, 6) is -0.732. The van der Waals surface area contributed by atoms with Gasteiger partial charge in [-0.25, -0.2) is 4.79 Å². The van der Waals surface area contributed by atoms with Gasteiger partial charge in [-0.3, -0.25) is 14.5 Å². The normalized spacial score (nSPS) is 16.2. The molecule has 2 rings (SSSR count). The molecule has 7 nitrogen and oxygen atoms in total. The van der Waals surface area contributed by atoms with Gasteiger partial charge in [0.1, 0.15) is 5.54 Å². The minimum Gasteiger partial charge on any atom is -0.469 e. The van der Waals surface area contributed by atoms with Gasteiger partial charge in [0.05, 0.1) is 20.1 Å². The molecule has 7 heteroatoms. The summed E-state index contributed by atoms with van der Waals surface area (Å²) in [5, 5.41) is 0. The molecule has 0 radical (unpaired) electrons. The number of rotatable bonds is 8. The van der Waals surface area contributed by atoms with Gasteiger partial charge in [-0.2, -0.15) is 0 Å². The first-order chi connectivity index (χ1) is 13.5. The van der Waals surface area contributed by atoms with Crippen molar-refractivity contribution in [2.24, 2.45) is 0 Å². The number of para-hydroxylation sites is 1. The van der Waals surface area contributed by atoms with E-state index in [9.17, 15) is 14.4 Å². The molecule has 1 fully saturated rings. The summed E-state index contributed by atoms with van der Waals surface area (Å²) in [6.07, 6.45) is 1.50. The lowest BCUT2D eigenvalue weighted by Gasteiger charge is -2.46. The number of carbonyl (C=O) groups is 3. The van der Waals surface area contributed by atoms with E-state index < -0.39 is 5.54 Å². The van der Waals surface area contributed by atoms with Crippen molar-refractivity contribution in [2.75, 3.05) is 38.3 Å². The van der Waals surface area contributed by atoms with Crippen molar-refractivity contribution in [3.63, 3.8) is 0 Å². The number of hydrogen-bond acceptors (Lipinski definition) is 6. The van der Waals surface area contributed by atoms with Gasteiger partial charge >= 0.3 is 11.9 Å². The lowest BCUT2D eigenvalue weighted by molar-refractivity contribution is -0.153. The van der Waals surface area contributed by atoms with Crippen LogP contribution in [0.1, 0.15) is 39.5 Å². The molecule has 0 atom stereocenters. The van der Waals surface area contributed by atoms with Crippen molar-refractivity contribution in [3.05, 3.63) is 30.3 Å². The average molecular weight is 390 g/mol. The molecule has 1 amide bonds. The highest BCUT2D eigenvalue weighted by Crippen LogP contribution is 2.35. The van der Waals surface area contributed by atoms with E-state index in [1.807, 2.05) is 30.3 Å². The number of ether oxygens (including phenoxy) is 2. The lowest BCUT2D eigenvalue weighted by Crippen LogP contribution is -2.63. The highest BCUT2D eigenvalue weighted by molar-refractivity contribution is 6.02. The van der Waals surface area contributed by atoms with Crippen LogP contribution in [0.5, 0.6) is 0 Å². The van der Waals surface area contributed by atoms with Gasteiger partial charge in [0.15, 0.2) is 0 Å². The molecule has 0 saturated carbocycles. The Morgan fingerprint density at radius 1 is 1.11 bits per heavy atom. The van der Waals surface area contributed by atoms with E-state index in [-0.39, 0.29) is 24.5 Å². The molecule has 0 spiro atoms. The quantitative estimate of drug-likeness (QED) is 0.635. The Morgan fingerprint density at radius 2 is 1.75 bits per heavy atom. The standard InChI is InChI=1S/C21H30N2O5/c1-4-18(24)23(17-9-7-6-8-10-17)21(20(26)28-5-2)12-15-22(16-13-21)14-11-19(25)27-3/h6-10H,4-5,11-16H2,1-3H3. The third kappa shape index (κ3) is 4.90. The van der Waals surface area contributed by atoms with Crippen LogP contribution in [0.4, 0.5) is 5.69 Å². The number of hydrogen-bond donors (Lipinski definition) is 0. The molecular weight excluding hydrogens is 360 g/mol. The molecule has 0 N–H and O–H groups in total. The van der Waals surface area contributed by atoms with Crippen LogP contribution in [0.3, 0.4) is 0 Å². The van der Waals surface area contributed by atoms with Gasteiger partial charge in [-0.15, -0.1) is 0 Å². The van der Waals surface area contributed by atoms with E-state index in [1.54, 1.807) is 18.7 Å². The molecule has 1 heterocycles. The second-order valence-electron chi connectivity index (χ2n) is 6.84. The van der Waals surface area contributed by atoms with Crippen molar-refractivity contribution in [1.82, 2.24) is 4.90 Å². The summed E-state index contributed by atoms with van der Waals surface area (Å²) in [7, 11) is 1.37. The van der Waals surface area contributed by atoms with E-state index in [1.165, 1.54) is 7.11 Å². The number of anilines is 1. The molecule has 0 aliphatic carbocycles. The summed E-state index contributed by atoms with van der Waals surface area (Å²) >= 11 is 0. The molecule has 1 aliphatic rings. The van der Waals surface area contributed by atoms with Gasteiger partial charge in [0, 0.05) is 31.7 Å². The number of benzene rings is 1. The second kappa shape index (κ2) is 10.2. The molecule has 28 heavy (non-hydrogen) atoms. The Balaban J connectivity index is 2.29. The predicted octanol–water partition coefficient (Wildman–Crippen LogP) is 2.39. The van der Waals surface area contributed by atoms with Gasteiger partial charge < -0.3 is 14.4 Å². The first-order valence-corrected chi connectivity index (χ1v) is 9.83. The fraction of sp³-hybridized carbons (Fsp3) is 0.571. The van der Waals surface area contributed by atoms with Crippen molar-refractivity contribution in [1.29, 1.82) is 0 Å². The maximum atomic E-state index is 13.1. The summed E-state index contributed by atoms with van der Waals surface area (Å²) in [6.45, 7) is 5.58. The Morgan fingerprint density at radius 3 is 2.29 bits per heavy atom. The van der Waals surface area contributed by atoms with Crippen molar-refractivity contribution >= 4 is 23.5 Å². The average Bonchev–Trinajstić information content (AvgIpc) is 2.73. The van der Waals surface area contributed by atoms with Gasteiger partial charge in [0.25, 0.3) is 0 Å². The number of esters is 2. The second-order valence-corrected chi connectivity index (χ2v) is 6.84. The molecule has 1 aromatic carbocycles. The largest absolute Gasteiger partial charge is 0.469 e. The molecular formula is C21H30N2O5. The van der Waals surface area contributed by atoms with Crippen molar-refractivity contribution in [3.8, 4) is 0 Å². The van der Waals surface area contributed by atoms with E-state index in [2.05, 4.69) is 4.90 Å². The minimum absolute atomic E-state index is 0.109. The van der Waals surface area contributed by atoms with Crippen LogP contribution in [-0.2, 0) is 23.9 Å². The van der Waals surface area contributed by atoms with Crippen LogP contribution >= 0.6 is 0 Å². The molecule has 0 unspecified atom stereocenters. The fourth-order valence-electron chi connectivity index (χ4n) is 3.65. The predicted molar refractivity (Wildman–Crippen MR) is 106 cm³/mol. The third-order valence-corrected chi connectivity index (χ3v) is 5.19. The third-order valence-electron chi connectivity index (χ3n) is 5.19. The highest BCUT2D eigenvalue weighted by Gasteiger charge is 2.49. The van der Waals surface area contributed by atoms with Gasteiger partial charge in [0.2, 0.25) is 5.91 Å². The van der Waals surface area contributed by atoms with Crippen molar-refractivity contribution < 1.29 is 23.9 Å². The van der Waals surface area contributed by atoms with Crippen LogP contribution in [0.25, 0.3) is 0 Å². The maximum absolute atomic E-state index is 13.1. The molecule has 0 aromatic heterocycles. The van der Waals surface area contributed by atoms with E-state index >= 15 is 0 Å². The molecule has 0 bridgehead atoms. The fourth-order valence-corrected chi connectivity index (χ4v) is 3.65. The summed E-state index contributed by atoms with van der Waals surface area (Å²) in [6, 6.07) is 9.28. The number of piperidine rings is 1. The first kappa shape index (κ1) is 21.9. The zero-order valence-electron chi connectivity index (χ0n) is 17.0. The van der Waals surface area contributed by atoms with E-state index in [0.717, 1.165) is 0 Å². The smallest absolute Gasteiger partial charge is 0.332 e. The zero-order valence-corrected chi connectivity index (χ0v) is 17.0. The van der Waals surface area contributed by atoms with Crippen LogP contribution in [-0.4, -0.2) is 61.6 Å². The van der Waals surface area contributed by atoms with E-state index in [4.69, 9.17) is 9.47 Å². The molecule has 1 aliphatic heterocycles. The van der Waals surface area contributed by atoms with Gasteiger partial charge in [-0.05, 0) is 31.9 Å². The molecule has 154 valence electrons. The van der Waals surface area contributed by atoms with Crippen LogP contribution in [0.2, 0.25) is 0 Å². The highest BCUT2D eigenvalue weighted by atomic mass is 16.5. The SMILES string of the molecule is CCOC(=O)C1(N(C(=O)CC)c2ccccc2)CCN(CCC(=O)OC)CC1. The molecule has 1 aromatic rings. The number of likely N-dealkylation sites (tertiary alicyclic amines) is 1. The van der Waals surface area contributed by atoms with Crippen LogP contribution in [0.15, 0.2) is 30.3 Å². The van der Waals surface area contributed by atoms with E-state index in [0.29, 0.717) is 51.0 Å². The lowest BCUT2D eigenvalue weighted by atomic mass is 9.84. The number of methoxy groups -OCH3 is 1. The topological polar surface area (TPSA) is 76.2 Å².